The minimum absolute atomic E-state index is 0.806. The van der Waals surface area contributed by atoms with E-state index >= 15 is 0 Å². The Morgan fingerprint density at radius 3 is 3.11 bits per heavy atom. The lowest BCUT2D eigenvalue weighted by atomic mass is 9.77. The van der Waals surface area contributed by atoms with Gasteiger partial charge >= 0.3 is 0 Å². The second kappa shape index (κ2) is 7.09. The predicted molar refractivity (Wildman–Crippen MR) is 39.0 cm³/mol. The van der Waals surface area contributed by atoms with Crippen LogP contribution in [0.4, 0.5) is 0 Å². The Balaban J connectivity index is 2.85. The van der Waals surface area contributed by atoms with Crippen molar-refractivity contribution in [1.82, 2.24) is 5.32 Å². The van der Waals surface area contributed by atoms with Crippen molar-refractivity contribution in [3.63, 3.8) is 0 Å². The number of rotatable bonds is 4. The Morgan fingerprint density at radius 2 is 2.56 bits per heavy atom. The molecule has 0 saturated carbocycles. The Hall–Kier alpha value is -0.905. The highest BCUT2D eigenvalue weighted by molar-refractivity contribution is 6.45. The largest absolute Gasteiger partial charge is 0.392 e. The minimum atomic E-state index is 0.806. The first-order chi connectivity index (χ1) is 4.41. The Labute approximate surface area is 56.8 Å². The molecule has 0 atom stereocenters. The number of hydrogen-bond donors (Lipinski definition) is 1. The van der Waals surface area contributed by atoms with Gasteiger partial charge in [-0.3, -0.25) is 0 Å². The van der Waals surface area contributed by atoms with Crippen molar-refractivity contribution in [2.24, 2.45) is 0 Å². The van der Waals surface area contributed by atoms with E-state index in [-0.39, 0.29) is 0 Å². The summed E-state index contributed by atoms with van der Waals surface area (Å²) < 4.78 is 0. The standard InChI is InChI=1S/C6H10BN2/c1-2-4-9-5-3-7-6-8/h2,4,9H,3,5H2,1H3/b4-2+. The van der Waals surface area contributed by atoms with E-state index < -0.39 is 0 Å². The average Bonchev–Trinajstić information content (AvgIpc) is 1.89. The van der Waals surface area contributed by atoms with Crippen LogP contribution in [0.2, 0.25) is 6.32 Å². The first kappa shape index (κ1) is 8.09. The summed E-state index contributed by atoms with van der Waals surface area (Å²) >= 11 is 0. The molecule has 0 saturated heterocycles. The first-order valence-corrected chi connectivity index (χ1v) is 2.97. The highest BCUT2D eigenvalue weighted by Gasteiger charge is 1.83. The van der Waals surface area contributed by atoms with Gasteiger partial charge in [-0.1, -0.05) is 6.08 Å². The summed E-state index contributed by atoms with van der Waals surface area (Å²) in [5, 5.41) is 11.1. The van der Waals surface area contributed by atoms with Crippen LogP contribution in [-0.4, -0.2) is 13.8 Å². The van der Waals surface area contributed by atoms with Crippen LogP contribution in [0.3, 0.4) is 0 Å². The maximum Gasteiger partial charge on any atom is 0.256 e. The normalized spacial score (nSPS) is 8.89. The fraction of sp³-hybridized carbons (Fsp3) is 0.500. The van der Waals surface area contributed by atoms with E-state index in [2.05, 4.69) is 5.32 Å². The van der Waals surface area contributed by atoms with Crippen molar-refractivity contribution < 1.29 is 0 Å². The zero-order valence-electron chi connectivity index (χ0n) is 5.59. The number of nitrogens with one attached hydrogen (secondary N) is 1. The van der Waals surface area contributed by atoms with Crippen LogP contribution in [0, 0.1) is 11.2 Å². The van der Waals surface area contributed by atoms with Gasteiger partial charge in [0.05, 0.1) is 0 Å². The van der Waals surface area contributed by atoms with Gasteiger partial charge < -0.3 is 5.32 Å². The molecule has 0 aromatic heterocycles. The molecule has 0 rings (SSSR count). The van der Waals surface area contributed by atoms with Crippen LogP contribution in [0.1, 0.15) is 6.92 Å². The molecule has 3 heteroatoms. The Kier molecular flexibility index (Phi) is 6.38. The molecule has 9 heavy (non-hydrogen) atoms. The molecule has 0 aliphatic rings. The zero-order chi connectivity index (χ0) is 6.95. The molecule has 0 unspecified atom stereocenters. The van der Waals surface area contributed by atoms with Crippen LogP contribution in [0.5, 0.6) is 0 Å². The lowest BCUT2D eigenvalue weighted by Gasteiger charge is -1.92. The number of nitriles is 1. The van der Waals surface area contributed by atoms with E-state index in [1.54, 1.807) is 7.28 Å². The van der Waals surface area contributed by atoms with Gasteiger partial charge in [-0.2, -0.15) is 0 Å². The molecular formula is C6H10BN2. The molecule has 0 fully saturated rings. The SMILES string of the molecule is C/C=C/NCC[B]C#N. The number of allylic oxidation sites excluding steroid dienone is 1. The van der Waals surface area contributed by atoms with E-state index in [0.717, 1.165) is 12.9 Å². The van der Waals surface area contributed by atoms with Crippen LogP contribution in [-0.2, 0) is 0 Å². The van der Waals surface area contributed by atoms with E-state index in [9.17, 15) is 0 Å². The third-order valence-corrected chi connectivity index (χ3v) is 0.809. The fourth-order valence-electron chi connectivity index (χ4n) is 0.421. The Morgan fingerprint density at radius 1 is 1.78 bits per heavy atom. The Bertz CT molecular complexity index is 115. The first-order valence-electron chi connectivity index (χ1n) is 2.97. The quantitative estimate of drug-likeness (QED) is 0.439. The highest BCUT2D eigenvalue weighted by atomic mass is 14.8. The van der Waals surface area contributed by atoms with Gasteiger partial charge in [0.25, 0.3) is 7.28 Å². The van der Waals surface area contributed by atoms with E-state index in [0.29, 0.717) is 0 Å². The molecular weight excluding hydrogens is 111 g/mol. The van der Waals surface area contributed by atoms with Crippen LogP contribution < -0.4 is 5.32 Å². The second-order valence-corrected chi connectivity index (χ2v) is 1.58. The van der Waals surface area contributed by atoms with Gasteiger partial charge in [0, 0.05) is 6.54 Å². The summed E-state index contributed by atoms with van der Waals surface area (Å²) in [6.07, 6.45) is 4.60. The van der Waals surface area contributed by atoms with Crippen molar-refractivity contribution in [3.8, 4) is 5.97 Å². The van der Waals surface area contributed by atoms with Crippen LogP contribution in [0.15, 0.2) is 12.3 Å². The monoisotopic (exact) mass is 121 g/mol. The van der Waals surface area contributed by atoms with Gasteiger partial charge in [0.1, 0.15) is 0 Å². The summed E-state index contributed by atoms with van der Waals surface area (Å²) in [5.74, 6) is 1.96. The molecule has 0 heterocycles. The van der Waals surface area contributed by atoms with Gasteiger partial charge in [-0.25, -0.2) is 5.26 Å². The minimum Gasteiger partial charge on any atom is -0.392 e. The van der Waals surface area contributed by atoms with Crippen LogP contribution in [0.25, 0.3) is 0 Å². The van der Waals surface area contributed by atoms with Gasteiger partial charge in [0.2, 0.25) is 0 Å². The van der Waals surface area contributed by atoms with Gasteiger partial charge in [-0.15, -0.1) is 0 Å². The van der Waals surface area contributed by atoms with Crippen molar-refractivity contribution >= 4 is 7.28 Å². The molecule has 1 radical (unpaired) electrons. The van der Waals surface area contributed by atoms with Gasteiger partial charge in [-0.05, 0) is 25.4 Å². The lowest BCUT2D eigenvalue weighted by molar-refractivity contribution is 0.913. The summed E-state index contributed by atoms with van der Waals surface area (Å²) in [6, 6.07) is 0. The molecule has 0 spiro atoms. The smallest absolute Gasteiger partial charge is 0.256 e. The molecule has 0 aliphatic carbocycles. The van der Waals surface area contributed by atoms with Crippen LogP contribution >= 0.6 is 0 Å². The number of hydrogen-bond acceptors (Lipinski definition) is 2. The van der Waals surface area contributed by atoms with Crippen molar-refractivity contribution in [2.45, 2.75) is 13.2 Å². The molecule has 0 aromatic carbocycles. The second-order valence-electron chi connectivity index (χ2n) is 1.58. The van der Waals surface area contributed by atoms with E-state index in [4.69, 9.17) is 5.26 Å². The molecule has 0 aliphatic heterocycles. The molecule has 47 valence electrons. The summed E-state index contributed by atoms with van der Waals surface area (Å²) in [5.41, 5.74) is 0. The summed E-state index contributed by atoms with van der Waals surface area (Å²) in [4.78, 5) is 0. The third kappa shape index (κ3) is 7.09. The number of nitrogens with zero attached hydrogens (tertiary/aromatic N) is 1. The molecule has 2 nitrogen and oxygen atoms in total. The average molecular weight is 121 g/mol. The fourth-order valence-corrected chi connectivity index (χ4v) is 0.421. The maximum absolute atomic E-state index is 8.07. The van der Waals surface area contributed by atoms with E-state index in [1.807, 2.05) is 25.2 Å². The van der Waals surface area contributed by atoms with Gasteiger partial charge in [0.15, 0.2) is 0 Å². The highest BCUT2D eigenvalue weighted by Crippen LogP contribution is 1.72. The third-order valence-electron chi connectivity index (χ3n) is 0.809. The summed E-state index contributed by atoms with van der Waals surface area (Å²) in [7, 11) is 1.58. The van der Waals surface area contributed by atoms with Crippen molar-refractivity contribution in [3.05, 3.63) is 12.3 Å². The molecule has 0 aromatic rings. The van der Waals surface area contributed by atoms with E-state index in [1.165, 1.54) is 0 Å². The summed E-state index contributed by atoms with van der Waals surface area (Å²) in [6.45, 7) is 2.79. The zero-order valence-corrected chi connectivity index (χ0v) is 5.59. The van der Waals surface area contributed by atoms with Crippen molar-refractivity contribution in [2.75, 3.05) is 6.54 Å². The molecule has 1 N–H and O–H groups in total. The molecule has 0 amide bonds. The topological polar surface area (TPSA) is 35.8 Å². The lowest BCUT2D eigenvalue weighted by Crippen LogP contribution is -2.07. The molecule has 0 bridgehead atoms. The van der Waals surface area contributed by atoms with Crippen molar-refractivity contribution in [1.29, 1.82) is 5.26 Å². The maximum atomic E-state index is 8.07. The predicted octanol–water partition coefficient (Wildman–Crippen LogP) is 0.713.